The lowest BCUT2D eigenvalue weighted by Gasteiger charge is -2.11. The van der Waals surface area contributed by atoms with E-state index in [9.17, 15) is 4.79 Å². The molecule has 0 spiro atoms. The Labute approximate surface area is 103 Å². The molecule has 0 N–H and O–H groups in total. The predicted molar refractivity (Wildman–Crippen MR) is 72.1 cm³/mol. The lowest BCUT2D eigenvalue weighted by Crippen LogP contribution is -1.94. The molecule has 1 rings (SSSR count). The van der Waals surface area contributed by atoms with E-state index in [1.54, 1.807) is 11.8 Å². The predicted octanol–water partition coefficient (Wildman–Crippen LogP) is 3.89. The van der Waals surface area contributed by atoms with Crippen LogP contribution >= 0.6 is 11.8 Å². The van der Waals surface area contributed by atoms with Crippen LogP contribution in [-0.4, -0.2) is 17.8 Å². The maximum absolute atomic E-state index is 10.1. The van der Waals surface area contributed by atoms with Crippen LogP contribution in [0.4, 0.5) is 0 Å². The fourth-order valence-corrected chi connectivity index (χ4v) is 2.41. The van der Waals surface area contributed by atoms with Crippen LogP contribution in [0.2, 0.25) is 0 Å². The summed E-state index contributed by atoms with van der Waals surface area (Å²) in [7, 11) is 0. The molecule has 0 radical (unpaired) electrons. The average molecular weight is 236 g/mol. The molecule has 0 heterocycles. The molecule has 0 aliphatic carbocycles. The summed E-state index contributed by atoms with van der Waals surface area (Å²) in [6.45, 7) is 2.29. The Kier molecular flexibility index (Phi) is 6.98. The Bertz CT molecular complexity index is 284. The Morgan fingerprint density at radius 3 is 2.69 bits per heavy atom. The van der Waals surface area contributed by atoms with Crippen LogP contribution < -0.4 is 0 Å². The van der Waals surface area contributed by atoms with Gasteiger partial charge in [-0.2, -0.15) is 11.8 Å². The van der Waals surface area contributed by atoms with Gasteiger partial charge in [-0.1, -0.05) is 43.7 Å². The maximum atomic E-state index is 10.1. The van der Waals surface area contributed by atoms with E-state index >= 15 is 0 Å². The fourth-order valence-electron chi connectivity index (χ4n) is 1.73. The number of rotatable bonds is 8. The van der Waals surface area contributed by atoms with Crippen molar-refractivity contribution in [1.82, 2.24) is 0 Å². The second-order valence-electron chi connectivity index (χ2n) is 4.05. The molecule has 1 atom stereocenters. The normalized spacial score (nSPS) is 12.3. The molecule has 0 aliphatic rings. The highest BCUT2D eigenvalue weighted by molar-refractivity contribution is 7.99. The molecule has 0 saturated carbocycles. The van der Waals surface area contributed by atoms with Gasteiger partial charge in [0, 0.05) is 5.75 Å². The first kappa shape index (κ1) is 13.3. The molecule has 0 aromatic heterocycles. The van der Waals surface area contributed by atoms with E-state index < -0.39 is 0 Å². The van der Waals surface area contributed by atoms with Crippen molar-refractivity contribution < 1.29 is 4.79 Å². The number of benzene rings is 1. The Balaban J connectivity index is 2.11. The Morgan fingerprint density at radius 2 is 2.00 bits per heavy atom. The van der Waals surface area contributed by atoms with Crippen molar-refractivity contribution in [2.75, 3.05) is 11.5 Å². The molecule has 1 aromatic carbocycles. The molecule has 0 bridgehead atoms. The first-order valence-electron chi connectivity index (χ1n) is 5.91. The van der Waals surface area contributed by atoms with E-state index in [0.29, 0.717) is 11.7 Å². The quantitative estimate of drug-likeness (QED) is 0.503. The molecular weight excluding hydrogens is 216 g/mol. The standard InChI is InChI=1S/C14H20OS/c1-13(14-8-3-2-4-9-14)7-5-6-11-16-12-10-15/h2-4,8-10,13H,5-7,11-12H2,1H3. The highest BCUT2D eigenvalue weighted by Gasteiger charge is 2.03. The van der Waals surface area contributed by atoms with Crippen LogP contribution in [0.1, 0.15) is 37.7 Å². The summed E-state index contributed by atoms with van der Waals surface area (Å²) in [5, 5.41) is 0. The van der Waals surface area contributed by atoms with Gasteiger partial charge in [-0.05, 0) is 30.1 Å². The van der Waals surface area contributed by atoms with Gasteiger partial charge in [-0.3, -0.25) is 0 Å². The molecule has 2 heteroatoms. The van der Waals surface area contributed by atoms with Crippen molar-refractivity contribution in [1.29, 1.82) is 0 Å². The lowest BCUT2D eigenvalue weighted by molar-refractivity contribution is -0.105. The third kappa shape index (κ3) is 5.36. The van der Waals surface area contributed by atoms with Gasteiger partial charge >= 0.3 is 0 Å². The molecule has 0 aliphatic heterocycles. The third-order valence-electron chi connectivity index (χ3n) is 2.73. The SMILES string of the molecule is CC(CCCCSCC=O)c1ccccc1. The van der Waals surface area contributed by atoms with Gasteiger partial charge in [0.1, 0.15) is 6.29 Å². The van der Waals surface area contributed by atoms with Crippen LogP contribution in [0.5, 0.6) is 0 Å². The summed E-state index contributed by atoms with van der Waals surface area (Å²) in [6, 6.07) is 10.7. The van der Waals surface area contributed by atoms with Crippen LogP contribution in [0.3, 0.4) is 0 Å². The number of hydrogen-bond donors (Lipinski definition) is 0. The van der Waals surface area contributed by atoms with Crippen LogP contribution in [0.25, 0.3) is 0 Å². The lowest BCUT2D eigenvalue weighted by atomic mass is 9.96. The summed E-state index contributed by atoms with van der Waals surface area (Å²) < 4.78 is 0. The van der Waals surface area contributed by atoms with E-state index in [2.05, 4.69) is 37.3 Å². The fraction of sp³-hybridized carbons (Fsp3) is 0.500. The molecule has 1 unspecified atom stereocenters. The number of hydrogen-bond acceptors (Lipinski definition) is 2. The second-order valence-corrected chi connectivity index (χ2v) is 5.20. The van der Waals surface area contributed by atoms with Gasteiger partial charge in [-0.25, -0.2) is 0 Å². The number of carbonyl (C=O) groups excluding carboxylic acids is 1. The number of thioether (sulfide) groups is 1. The monoisotopic (exact) mass is 236 g/mol. The molecule has 0 saturated heterocycles. The minimum absolute atomic E-state index is 0.647. The van der Waals surface area contributed by atoms with E-state index in [0.717, 1.165) is 12.0 Å². The first-order valence-corrected chi connectivity index (χ1v) is 7.06. The van der Waals surface area contributed by atoms with Crippen LogP contribution in [-0.2, 0) is 4.79 Å². The molecule has 88 valence electrons. The van der Waals surface area contributed by atoms with Crippen molar-refractivity contribution >= 4 is 18.0 Å². The van der Waals surface area contributed by atoms with Crippen molar-refractivity contribution in [3.05, 3.63) is 35.9 Å². The van der Waals surface area contributed by atoms with Gasteiger partial charge in [0.05, 0.1) is 0 Å². The van der Waals surface area contributed by atoms with Crippen molar-refractivity contribution in [2.45, 2.75) is 32.1 Å². The van der Waals surface area contributed by atoms with E-state index in [-0.39, 0.29) is 0 Å². The highest BCUT2D eigenvalue weighted by Crippen LogP contribution is 2.21. The summed E-state index contributed by atoms with van der Waals surface area (Å²) >= 11 is 1.73. The Morgan fingerprint density at radius 1 is 1.25 bits per heavy atom. The van der Waals surface area contributed by atoms with Gasteiger partial charge in [0.2, 0.25) is 0 Å². The largest absolute Gasteiger partial charge is 0.302 e. The minimum atomic E-state index is 0.647. The van der Waals surface area contributed by atoms with E-state index in [4.69, 9.17) is 0 Å². The van der Waals surface area contributed by atoms with E-state index in [1.807, 2.05) is 0 Å². The Hall–Kier alpha value is -0.760. The molecular formula is C14H20OS. The van der Waals surface area contributed by atoms with Crippen LogP contribution in [0.15, 0.2) is 30.3 Å². The van der Waals surface area contributed by atoms with Gasteiger partial charge in [-0.15, -0.1) is 0 Å². The molecule has 16 heavy (non-hydrogen) atoms. The van der Waals surface area contributed by atoms with Gasteiger partial charge in [0.25, 0.3) is 0 Å². The smallest absolute Gasteiger partial charge is 0.129 e. The van der Waals surface area contributed by atoms with Crippen molar-refractivity contribution in [2.24, 2.45) is 0 Å². The highest BCUT2D eigenvalue weighted by atomic mass is 32.2. The third-order valence-corrected chi connectivity index (χ3v) is 3.68. The zero-order valence-corrected chi connectivity index (χ0v) is 10.7. The molecule has 0 amide bonds. The molecule has 0 fully saturated rings. The number of aldehydes is 1. The van der Waals surface area contributed by atoms with Gasteiger partial charge in [0.15, 0.2) is 0 Å². The van der Waals surface area contributed by atoms with E-state index in [1.165, 1.54) is 24.8 Å². The number of carbonyl (C=O) groups is 1. The minimum Gasteiger partial charge on any atom is -0.302 e. The maximum Gasteiger partial charge on any atom is 0.129 e. The molecule has 1 nitrogen and oxygen atoms in total. The summed E-state index contributed by atoms with van der Waals surface area (Å²) in [4.78, 5) is 10.1. The zero-order valence-electron chi connectivity index (χ0n) is 9.89. The zero-order chi connectivity index (χ0) is 11.6. The molecule has 1 aromatic rings. The number of unbranched alkanes of at least 4 members (excludes halogenated alkanes) is 1. The first-order chi connectivity index (χ1) is 7.84. The van der Waals surface area contributed by atoms with Gasteiger partial charge < -0.3 is 4.79 Å². The van der Waals surface area contributed by atoms with Crippen molar-refractivity contribution in [3.63, 3.8) is 0 Å². The average Bonchev–Trinajstić information content (AvgIpc) is 2.34. The van der Waals surface area contributed by atoms with Crippen molar-refractivity contribution in [3.8, 4) is 0 Å². The summed E-state index contributed by atoms with van der Waals surface area (Å²) in [5.41, 5.74) is 1.43. The second kappa shape index (κ2) is 8.40. The summed E-state index contributed by atoms with van der Waals surface area (Å²) in [5.74, 6) is 2.41. The van der Waals surface area contributed by atoms with Crippen LogP contribution in [0, 0.1) is 0 Å². The summed E-state index contributed by atoms with van der Waals surface area (Å²) in [6.07, 6.45) is 4.69. The topological polar surface area (TPSA) is 17.1 Å².